The van der Waals surface area contributed by atoms with Crippen molar-refractivity contribution in [2.24, 2.45) is 5.73 Å². The van der Waals surface area contributed by atoms with Crippen molar-refractivity contribution in [3.63, 3.8) is 0 Å². The van der Waals surface area contributed by atoms with Crippen molar-refractivity contribution in [3.8, 4) is 0 Å². The normalized spacial score (nSPS) is 10.0. The van der Waals surface area contributed by atoms with Crippen molar-refractivity contribution in [1.29, 1.82) is 0 Å². The average molecular weight is 263 g/mol. The summed E-state index contributed by atoms with van der Waals surface area (Å²) in [4.78, 5) is 12.0. The van der Waals surface area contributed by atoms with E-state index >= 15 is 0 Å². The molecule has 0 saturated carbocycles. The summed E-state index contributed by atoms with van der Waals surface area (Å²) < 4.78 is 0. The van der Waals surface area contributed by atoms with Gasteiger partial charge < -0.3 is 7.16 Å². The van der Waals surface area contributed by atoms with Crippen LogP contribution in [0.3, 0.4) is 0 Å². The summed E-state index contributed by atoms with van der Waals surface area (Å²) in [7, 11) is 0. The third-order valence-corrected chi connectivity index (χ3v) is 2.29. The van der Waals surface area contributed by atoms with Crippen LogP contribution in [0.5, 0.6) is 0 Å². The van der Waals surface area contributed by atoms with Gasteiger partial charge >= 0.3 is 51.4 Å². The Labute approximate surface area is 145 Å². The van der Waals surface area contributed by atoms with Gasteiger partial charge in [-0.05, 0) is 5.56 Å². The molecule has 1 aromatic carbocycles. The Morgan fingerprint density at radius 1 is 1.29 bits per heavy atom. The van der Waals surface area contributed by atoms with E-state index in [0.29, 0.717) is 26.2 Å². The van der Waals surface area contributed by atoms with Crippen LogP contribution in [0.2, 0.25) is 0 Å². The zero-order valence-electron chi connectivity index (χ0n) is 11.2. The first-order valence-corrected chi connectivity index (χ1v) is 5.30. The van der Waals surface area contributed by atoms with Gasteiger partial charge in [0.1, 0.15) is 0 Å². The molecule has 0 heterocycles. The summed E-state index contributed by atoms with van der Waals surface area (Å²) in [6, 6.07) is 9.89. The van der Waals surface area contributed by atoms with Crippen LogP contribution in [0, 0.1) is 10.1 Å². The number of nitrogens with two attached hydrogens (primary N) is 1. The Morgan fingerprint density at radius 2 is 1.94 bits per heavy atom. The molecule has 0 unspecified atom stereocenters. The molecule has 17 heavy (non-hydrogen) atoms. The van der Waals surface area contributed by atoms with Crippen LogP contribution in [-0.2, 0) is 6.54 Å². The SMILES string of the molecule is NCCN(CC[N+](=O)[O-])Cc1ccccc1.[H-].[K+]. The third kappa shape index (κ3) is 7.99. The van der Waals surface area contributed by atoms with Crippen molar-refractivity contribution in [2.75, 3.05) is 26.2 Å². The molecule has 0 spiro atoms. The number of hydrogen-bond donors (Lipinski definition) is 1. The van der Waals surface area contributed by atoms with Crippen molar-refractivity contribution in [3.05, 3.63) is 46.0 Å². The van der Waals surface area contributed by atoms with Gasteiger partial charge in [-0.15, -0.1) is 0 Å². The molecule has 0 aromatic heterocycles. The van der Waals surface area contributed by atoms with Crippen LogP contribution in [0.25, 0.3) is 0 Å². The molecule has 1 rings (SSSR count). The number of hydrogen-bond acceptors (Lipinski definition) is 4. The second-order valence-corrected chi connectivity index (χ2v) is 3.61. The standard InChI is InChI=1S/C11H17N3O2.K.H/c12-6-7-13(8-9-14(15)16)10-11-4-2-1-3-5-11;;/h1-5H,6-10,12H2;;/q;+1;-1. The van der Waals surface area contributed by atoms with Gasteiger partial charge in [-0.1, -0.05) is 30.3 Å². The van der Waals surface area contributed by atoms with Crippen molar-refractivity contribution < 1.29 is 57.7 Å². The number of nitro groups is 1. The molecule has 0 radical (unpaired) electrons. The third-order valence-electron chi connectivity index (χ3n) is 2.29. The molecule has 6 heteroatoms. The van der Waals surface area contributed by atoms with Crippen LogP contribution < -0.4 is 57.1 Å². The average Bonchev–Trinajstić information content (AvgIpc) is 2.27. The predicted octanol–water partition coefficient (Wildman–Crippen LogP) is -2.16. The van der Waals surface area contributed by atoms with E-state index in [9.17, 15) is 10.1 Å². The smallest absolute Gasteiger partial charge is 1.00 e. The van der Waals surface area contributed by atoms with Gasteiger partial charge in [0.15, 0.2) is 0 Å². The Morgan fingerprint density at radius 3 is 2.47 bits per heavy atom. The Hall–Kier alpha value is 0.176. The van der Waals surface area contributed by atoms with E-state index < -0.39 is 0 Å². The van der Waals surface area contributed by atoms with Crippen LogP contribution >= 0.6 is 0 Å². The van der Waals surface area contributed by atoms with E-state index in [0.717, 1.165) is 5.56 Å². The number of nitrogens with zero attached hydrogens (tertiary/aromatic N) is 2. The molecule has 0 fully saturated rings. The summed E-state index contributed by atoms with van der Waals surface area (Å²) in [6.45, 7) is 2.32. The first kappa shape index (κ1) is 17.2. The largest absolute Gasteiger partial charge is 1.00 e. The van der Waals surface area contributed by atoms with E-state index in [-0.39, 0.29) is 64.3 Å². The fourth-order valence-electron chi connectivity index (χ4n) is 1.52. The van der Waals surface area contributed by atoms with Crippen LogP contribution in [-0.4, -0.2) is 36.0 Å². The van der Waals surface area contributed by atoms with Crippen molar-refractivity contribution in [2.45, 2.75) is 6.54 Å². The van der Waals surface area contributed by atoms with Gasteiger partial charge in [-0.2, -0.15) is 0 Å². The Kier molecular flexibility index (Phi) is 10.2. The number of rotatable bonds is 7. The zero-order valence-corrected chi connectivity index (χ0v) is 13.3. The molecule has 0 aliphatic carbocycles. The maximum atomic E-state index is 10.3. The second-order valence-electron chi connectivity index (χ2n) is 3.61. The van der Waals surface area contributed by atoms with E-state index in [1.54, 1.807) is 0 Å². The van der Waals surface area contributed by atoms with Crippen molar-refractivity contribution >= 4 is 0 Å². The monoisotopic (exact) mass is 263 g/mol. The summed E-state index contributed by atoms with van der Waals surface area (Å²) in [5.41, 5.74) is 6.63. The first-order chi connectivity index (χ1) is 7.72. The topological polar surface area (TPSA) is 72.4 Å². The summed E-state index contributed by atoms with van der Waals surface area (Å²) in [5, 5.41) is 10.3. The molecule has 1 aromatic rings. The minimum Gasteiger partial charge on any atom is -1.00 e. The molecule has 0 atom stereocenters. The molecular formula is C11H18KN3O2. The minimum absolute atomic E-state index is 0. The van der Waals surface area contributed by atoms with Gasteiger partial charge in [0, 0.05) is 24.6 Å². The zero-order chi connectivity index (χ0) is 11.8. The molecule has 0 saturated heterocycles. The van der Waals surface area contributed by atoms with Gasteiger partial charge in [0.25, 0.3) is 0 Å². The molecular weight excluding hydrogens is 245 g/mol. The van der Waals surface area contributed by atoms with E-state index in [1.807, 2.05) is 35.2 Å². The van der Waals surface area contributed by atoms with Gasteiger partial charge in [-0.3, -0.25) is 15.0 Å². The first-order valence-electron chi connectivity index (χ1n) is 5.30. The molecule has 2 N–H and O–H groups in total. The van der Waals surface area contributed by atoms with Crippen LogP contribution in [0.1, 0.15) is 6.99 Å². The van der Waals surface area contributed by atoms with E-state index in [1.165, 1.54) is 0 Å². The van der Waals surface area contributed by atoms with Gasteiger partial charge in [0.05, 0.1) is 6.54 Å². The summed E-state index contributed by atoms with van der Waals surface area (Å²) in [6.07, 6.45) is 0. The van der Waals surface area contributed by atoms with Crippen LogP contribution in [0.15, 0.2) is 30.3 Å². The molecule has 0 amide bonds. The van der Waals surface area contributed by atoms with Gasteiger partial charge in [0.2, 0.25) is 6.54 Å². The molecule has 0 aliphatic rings. The molecule has 0 aliphatic heterocycles. The predicted molar refractivity (Wildman–Crippen MR) is 63.7 cm³/mol. The fraction of sp³-hybridized carbons (Fsp3) is 0.455. The van der Waals surface area contributed by atoms with E-state index in [2.05, 4.69) is 0 Å². The fourth-order valence-corrected chi connectivity index (χ4v) is 1.52. The maximum Gasteiger partial charge on any atom is 1.00 e. The van der Waals surface area contributed by atoms with E-state index in [4.69, 9.17) is 5.73 Å². The second kappa shape index (κ2) is 10.1. The minimum atomic E-state index is -0.297. The summed E-state index contributed by atoms with van der Waals surface area (Å²) in [5.74, 6) is 0. The van der Waals surface area contributed by atoms with Crippen LogP contribution in [0.4, 0.5) is 0 Å². The molecule has 0 bridgehead atoms. The molecule has 5 nitrogen and oxygen atoms in total. The molecule has 90 valence electrons. The maximum absolute atomic E-state index is 10.3. The van der Waals surface area contributed by atoms with Gasteiger partial charge in [-0.25, -0.2) is 0 Å². The summed E-state index contributed by atoms with van der Waals surface area (Å²) >= 11 is 0. The number of benzene rings is 1. The Balaban J connectivity index is 0. The quantitative estimate of drug-likeness (QED) is 0.345. The Bertz CT molecular complexity index is 327. The van der Waals surface area contributed by atoms with Crippen molar-refractivity contribution in [1.82, 2.24) is 4.90 Å².